The molecule has 3 aliphatic heterocycles. The maximum Gasteiger partial charge on any atom is 0.254 e. The number of allylic oxidation sites excluding steroid dienone is 9. The van der Waals surface area contributed by atoms with Crippen LogP contribution in [0.25, 0.3) is 27.8 Å². The Hall–Kier alpha value is -8.61. The van der Waals surface area contributed by atoms with E-state index in [0.29, 0.717) is 0 Å². The highest BCUT2D eigenvalue weighted by atomic mass is 16.5. The van der Waals surface area contributed by atoms with E-state index in [0.717, 1.165) is 76.3 Å². The molecule has 4 heterocycles. The molecule has 6 nitrogen and oxygen atoms in total. The number of para-hydroxylation sites is 2. The predicted molar refractivity (Wildman–Crippen MR) is 367 cm³/mol. The van der Waals surface area contributed by atoms with Crippen LogP contribution in [0.4, 0.5) is 45.5 Å². The van der Waals surface area contributed by atoms with Gasteiger partial charge < -0.3 is 24.0 Å². The topological polar surface area (TPSA) is 26.9 Å². The van der Waals surface area contributed by atoms with Crippen molar-refractivity contribution in [2.45, 2.75) is 150 Å². The van der Waals surface area contributed by atoms with Gasteiger partial charge in [0.15, 0.2) is 0 Å². The van der Waals surface area contributed by atoms with Gasteiger partial charge in [0.1, 0.15) is 17.5 Å². The molecule has 0 radical (unpaired) electrons. The fourth-order valence-electron chi connectivity index (χ4n) is 15.2. The van der Waals surface area contributed by atoms with Gasteiger partial charge in [-0.3, -0.25) is 0 Å². The van der Waals surface area contributed by atoms with Crippen molar-refractivity contribution in [2.75, 3.05) is 14.7 Å². The van der Waals surface area contributed by atoms with Gasteiger partial charge in [0.25, 0.3) is 5.69 Å². The molecule has 4 aliphatic carbocycles. The van der Waals surface area contributed by atoms with Gasteiger partial charge in [0.05, 0.1) is 34.0 Å². The fraction of sp³-hybridized carbons (Fsp3) is 0.296. The largest absolute Gasteiger partial charge is 0.454 e. The lowest BCUT2D eigenvalue weighted by Gasteiger charge is -2.42. The molecular formula is C81H82N5O+. The fourth-order valence-corrected chi connectivity index (χ4v) is 15.2. The first kappa shape index (κ1) is 55.0. The summed E-state index contributed by atoms with van der Waals surface area (Å²) in [4.78, 5) is 7.74. The molecule has 1 aromatic heterocycles. The van der Waals surface area contributed by atoms with E-state index < -0.39 is 0 Å². The molecule has 2 atom stereocenters. The number of nitrogens with zero attached hydrogens (tertiary/aromatic N) is 5. The van der Waals surface area contributed by atoms with Crippen molar-refractivity contribution in [1.29, 1.82) is 0 Å². The summed E-state index contributed by atoms with van der Waals surface area (Å²) in [7, 11) is 0. The molecule has 436 valence electrons. The molecule has 0 saturated carbocycles. The lowest BCUT2D eigenvalue weighted by atomic mass is 9.81. The summed E-state index contributed by atoms with van der Waals surface area (Å²) in [5.74, 6) is 2.08. The van der Waals surface area contributed by atoms with E-state index in [1.54, 1.807) is 0 Å². The molecule has 7 aromatic carbocycles. The SMILES string of the molecule is CC(C)(C)C1=CC=C(N(c2ccc(C(C)(C)C)cc2)c2cc3c4c(c2)[N+](c2cccc5c2OC2=CC=CCC25)=C2C=C(N(c5ccc(C(C)(C)C)cc5)c5ccc(C(C)(C)C)cc5)C=CC2N4c2cccc4c5c(n-3c24)-c2ccccc2C5(C)C)CC1. The third-order valence-electron chi connectivity index (χ3n) is 19.9. The van der Waals surface area contributed by atoms with Crippen molar-refractivity contribution >= 4 is 62.1 Å². The minimum Gasteiger partial charge on any atom is -0.454 e. The standard InChI is InChI=1S/C81H82N5O/c1-77(2,3)50-29-37-54(38-30-50)82(55-39-31-51(32-40-55)78(4,5)6)58-45-46-65-68(47-58)84(67-27-19-23-61-60-21-16-18-28-71(60)87-76(61)67)69-48-59(83(56-41-33-52(34-42-56)79(7,8)9)57-43-35-53(36-44-57)80(10,11)12)49-70-75(69)85(65)66-26-20-24-63-72-74(86(70)73(63)66)62-22-15-17-25-64(62)81(72,13)14/h15-20,22-35,37-43,45-49,60,65H,21,36,44H2,1-14H3/q+1. The quantitative estimate of drug-likeness (QED) is 0.149. The van der Waals surface area contributed by atoms with Gasteiger partial charge in [-0.1, -0.05) is 206 Å². The van der Waals surface area contributed by atoms with E-state index in [-0.39, 0.29) is 39.0 Å². The number of ether oxygens (including phenoxy) is 1. The van der Waals surface area contributed by atoms with E-state index in [1.165, 1.54) is 83.9 Å². The van der Waals surface area contributed by atoms with Crippen LogP contribution in [-0.2, 0) is 21.7 Å². The Morgan fingerprint density at radius 1 is 0.586 bits per heavy atom. The van der Waals surface area contributed by atoms with Crippen LogP contribution in [0.2, 0.25) is 0 Å². The normalized spacial score (nSPS) is 18.6. The van der Waals surface area contributed by atoms with Gasteiger partial charge in [0, 0.05) is 68.8 Å². The Bertz CT molecular complexity index is 4380. The smallest absolute Gasteiger partial charge is 0.254 e. The zero-order chi connectivity index (χ0) is 60.4. The van der Waals surface area contributed by atoms with Crippen LogP contribution in [0.5, 0.6) is 5.75 Å². The Balaban J connectivity index is 1.07. The van der Waals surface area contributed by atoms with Gasteiger partial charge in [-0.2, -0.15) is 0 Å². The van der Waals surface area contributed by atoms with E-state index in [4.69, 9.17) is 4.74 Å². The second-order valence-electron chi connectivity index (χ2n) is 30.0. The Morgan fingerprint density at radius 2 is 1.22 bits per heavy atom. The molecule has 0 N–H and O–H groups in total. The molecule has 87 heavy (non-hydrogen) atoms. The molecule has 2 unspecified atom stereocenters. The Morgan fingerprint density at radius 3 is 1.84 bits per heavy atom. The summed E-state index contributed by atoms with van der Waals surface area (Å²) in [6.45, 7) is 32.6. The van der Waals surface area contributed by atoms with Gasteiger partial charge in [-0.15, -0.1) is 4.58 Å². The second kappa shape index (κ2) is 19.2. The Labute approximate surface area is 516 Å². The highest BCUT2D eigenvalue weighted by Gasteiger charge is 2.51. The number of aromatic nitrogens is 1. The number of rotatable bonds is 7. The van der Waals surface area contributed by atoms with Crippen LogP contribution in [0.3, 0.4) is 0 Å². The second-order valence-corrected chi connectivity index (χ2v) is 30.0. The molecular weight excluding hydrogens is 1060 g/mol. The van der Waals surface area contributed by atoms with Crippen LogP contribution in [-0.4, -0.2) is 16.3 Å². The minimum absolute atomic E-state index is 0.00160. The van der Waals surface area contributed by atoms with E-state index in [1.807, 2.05) is 0 Å². The predicted octanol–water partition coefficient (Wildman–Crippen LogP) is 21.3. The summed E-state index contributed by atoms with van der Waals surface area (Å²) in [5, 5.41) is 1.30. The highest BCUT2D eigenvalue weighted by Crippen LogP contribution is 2.62. The van der Waals surface area contributed by atoms with Crippen molar-refractivity contribution in [1.82, 2.24) is 9.14 Å². The van der Waals surface area contributed by atoms with Crippen LogP contribution >= 0.6 is 0 Å². The molecule has 0 fully saturated rings. The zero-order valence-electron chi connectivity index (χ0n) is 53.4. The third kappa shape index (κ3) is 8.58. The van der Waals surface area contributed by atoms with Crippen LogP contribution in [0, 0.1) is 5.41 Å². The molecule has 0 bridgehead atoms. The lowest BCUT2D eigenvalue weighted by Crippen LogP contribution is -2.47. The molecule has 0 amide bonds. The van der Waals surface area contributed by atoms with Gasteiger partial charge in [-0.25, -0.2) is 0 Å². The van der Waals surface area contributed by atoms with Gasteiger partial charge in [-0.05, 0) is 142 Å². The average molecular weight is 1140 g/mol. The maximum atomic E-state index is 7.27. The number of fused-ring (bicyclic) bond motifs is 12. The molecule has 15 rings (SSSR count). The summed E-state index contributed by atoms with van der Waals surface area (Å²) in [6.07, 6.45) is 21.6. The molecule has 6 heteroatoms. The number of benzene rings is 7. The van der Waals surface area contributed by atoms with E-state index in [2.05, 4.69) is 315 Å². The Kier molecular flexibility index (Phi) is 12.1. The summed E-state index contributed by atoms with van der Waals surface area (Å²) in [6, 6.07) is 56.0. The summed E-state index contributed by atoms with van der Waals surface area (Å²) < 4.78 is 12.6. The van der Waals surface area contributed by atoms with Crippen molar-refractivity contribution in [2.24, 2.45) is 5.41 Å². The number of hydrogen-bond acceptors (Lipinski definition) is 4. The third-order valence-corrected chi connectivity index (χ3v) is 19.9. The van der Waals surface area contributed by atoms with Crippen LogP contribution in [0.1, 0.15) is 155 Å². The molecule has 0 spiro atoms. The van der Waals surface area contributed by atoms with Gasteiger partial charge in [0.2, 0.25) is 17.1 Å². The monoisotopic (exact) mass is 1140 g/mol. The van der Waals surface area contributed by atoms with E-state index >= 15 is 0 Å². The van der Waals surface area contributed by atoms with Crippen molar-refractivity contribution in [3.63, 3.8) is 0 Å². The summed E-state index contributed by atoms with van der Waals surface area (Å²) in [5.41, 5.74) is 26.7. The first-order valence-corrected chi connectivity index (χ1v) is 31.8. The molecule has 0 saturated heterocycles. The maximum absolute atomic E-state index is 7.27. The number of hydrogen-bond donors (Lipinski definition) is 0. The zero-order valence-corrected chi connectivity index (χ0v) is 53.4. The van der Waals surface area contributed by atoms with Crippen molar-refractivity contribution < 1.29 is 4.74 Å². The molecule has 8 aromatic rings. The first-order chi connectivity index (χ1) is 41.4. The number of anilines is 6. The highest BCUT2D eigenvalue weighted by molar-refractivity contribution is 6.18. The minimum atomic E-state index is -0.248. The van der Waals surface area contributed by atoms with Crippen LogP contribution < -0.4 is 24.0 Å². The first-order valence-electron chi connectivity index (χ1n) is 31.8. The summed E-state index contributed by atoms with van der Waals surface area (Å²) >= 11 is 0. The molecule has 7 aliphatic rings. The average Bonchev–Trinajstić information content (AvgIpc) is 1.59. The van der Waals surface area contributed by atoms with Crippen molar-refractivity contribution in [3.8, 4) is 22.7 Å². The van der Waals surface area contributed by atoms with Crippen molar-refractivity contribution in [3.05, 3.63) is 250 Å². The van der Waals surface area contributed by atoms with Crippen LogP contribution in [0.15, 0.2) is 217 Å². The van der Waals surface area contributed by atoms with Gasteiger partial charge >= 0.3 is 0 Å². The lowest BCUT2D eigenvalue weighted by molar-refractivity contribution is 0.425. The van der Waals surface area contributed by atoms with E-state index in [9.17, 15) is 0 Å².